The van der Waals surface area contributed by atoms with Crippen molar-refractivity contribution in [1.29, 1.82) is 0 Å². The highest BCUT2D eigenvalue weighted by Gasteiger charge is 2.34. The largest absolute Gasteiger partial charge is 0.352 e. The van der Waals surface area contributed by atoms with Gasteiger partial charge in [0.15, 0.2) is 0 Å². The van der Waals surface area contributed by atoms with Gasteiger partial charge in [0, 0.05) is 26.7 Å². The molecule has 0 saturated heterocycles. The second kappa shape index (κ2) is 13.8. The molecule has 0 aliphatic heterocycles. The van der Waals surface area contributed by atoms with Crippen molar-refractivity contribution in [3.63, 3.8) is 0 Å². The zero-order valence-electron chi connectivity index (χ0n) is 22.4. The Morgan fingerprint density at radius 2 is 1.67 bits per heavy atom. The number of nitrogens with one attached hydrogen (secondary N) is 1. The van der Waals surface area contributed by atoms with Gasteiger partial charge >= 0.3 is 10.2 Å². The van der Waals surface area contributed by atoms with Gasteiger partial charge in [-0.25, -0.2) is 8.70 Å². The molecule has 0 unspecified atom stereocenters. The fraction of sp³-hybridized carbons (Fsp3) is 0.481. The van der Waals surface area contributed by atoms with Crippen molar-refractivity contribution in [1.82, 2.24) is 14.5 Å². The normalized spacial score (nSPS) is 15.2. The van der Waals surface area contributed by atoms with Gasteiger partial charge in [-0.3, -0.25) is 9.59 Å². The van der Waals surface area contributed by atoms with Crippen LogP contribution in [0, 0.1) is 5.82 Å². The Morgan fingerprint density at radius 3 is 2.23 bits per heavy atom. The van der Waals surface area contributed by atoms with Crippen molar-refractivity contribution < 1.29 is 22.4 Å². The minimum atomic E-state index is -4.14. The van der Waals surface area contributed by atoms with Gasteiger partial charge < -0.3 is 10.2 Å². The van der Waals surface area contributed by atoms with Gasteiger partial charge in [0.25, 0.3) is 0 Å². The summed E-state index contributed by atoms with van der Waals surface area (Å²) in [5.41, 5.74) is 0.748. The summed E-state index contributed by atoms with van der Waals surface area (Å²) in [4.78, 5) is 28.7. The van der Waals surface area contributed by atoms with E-state index in [1.54, 1.807) is 25.1 Å². The average Bonchev–Trinajstić information content (AvgIpc) is 2.90. The first-order valence-corrected chi connectivity index (χ1v) is 15.1. The number of hydrogen-bond acceptors (Lipinski definition) is 4. The Kier molecular flexibility index (Phi) is 11.0. The molecule has 0 spiro atoms. The fourth-order valence-electron chi connectivity index (χ4n) is 4.62. The molecule has 2 aromatic carbocycles. The van der Waals surface area contributed by atoms with Crippen LogP contribution in [0.5, 0.6) is 0 Å². The van der Waals surface area contributed by atoms with Crippen LogP contribution in [0.4, 0.5) is 10.1 Å². The molecule has 0 radical (unpaired) electrons. The van der Waals surface area contributed by atoms with Crippen molar-refractivity contribution in [2.45, 2.75) is 64.1 Å². The number of carbonyl (C=O) groups excluding carboxylic acids is 2. The Hall–Kier alpha value is -2.40. The van der Waals surface area contributed by atoms with Gasteiger partial charge in [-0.1, -0.05) is 55.5 Å². The topological polar surface area (TPSA) is 90.0 Å². The number of amides is 2. The Bertz CT molecular complexity index is 1250. The molecule has 12 heteroatoms. The van der Waals surface area contributed by atoms with E-state index in [1.807, 2.05) is 0 Å². The number of rotatable bonds is 11. The Balaban J connectivity index is 1.97. The standard InChI is InChI=1S/C27H35Cl2FN4O4S/c1-4-25(27(36)31-21-8-6-5-7-9-21)33(17-19-10-15-23(28)24(29)16-19)26(35)18-34(39(37,38)32(2)3)22-13-11-20(30)12-14-22/h10-16,21,25H,4-9,17-18H2,1-3H3,(H,31,36)/t25-/m0/s1. The van der Waals surface area contributed by atoms with Crippen LogP contribution in [-0.4, -0.2) is 62.2 Å². The third kappa shape index (κ3) is 8.06. The van der Waals surface area contributed by atoms with Gasteiger partial charge in [0.05, 0.1) is 15.7 Å². The molecule has 1 aliphatic carbocycles. The van der Waals surface area contributed by atoms with E-state index in [-0.39, 0.29) is 24.2 Å². The van der Waals surface area contributed by atoms with Crippen molar-refractivity contribution in [3.8, 4) is 0 Å². The van der Waals surface area contributed by atoms with Crippen LogP contribution in [0.2, 0.25) is 10.0 Å². The molecular weight excluding hydrogens is 566 g/mol. The lowest BCUT2D eigenvalue weighted by Gasteiger charge is -2.35. The highest BCUT2D eigenvalue weighted by Crippen LogP contribution is 2.26. The third-order valence-electron chi connectivity index (χ3n) is 6.81. The highest BCUT2D eigenvalue weighted by atomic mass is 35.5. The molecule has 214 valence electrons. The summed E-state index contributed by atoms with van der Waals surface area (Å²) < 4.78 is 41.9. The van der Waals surface area contributed by atoms with Gasteiger partial charge in [0.2, 0.25) is 11.8 Å². The smallest absolute Gasteiger partial charge is 0.304 e. The summed E-state index contributed by atoms with van der Waals surface area (Å²) in [5, 5.41) is 3.73. The van der Waals surface area contributed by atoms with E-state index in [0.29, 0.717) is 22.0 Å². The van der Waals surface area contributed by atoms with Crippen molar-refractivity contribution in [3.05, 3.63) is 63.9 Å². The number of anilines is 1. The van der Waals surface area contributed by atoms with Crippen LogP contribution < -0.4 is 9.62 Å². The van der Waals surface area contributed by atoms with Crippen molar-refractivity contribution >= 4 is 50.9 Å². The molecule has 39 heavy (non-hydrogen) atoms. The molecule has 3 rings (SSSR count). The lowest BCUT2D eigenvalue weighted by molar-refractivity contribution is -0.140. The highest BCUT2D eigenvalue weighted by molar-refractivity contribution is 7.90. The van der Waals surface area contributed by atoms with Gasteiger partial charge in [-0.05, 0) is 61.2 Å². The van der Waals surface area contributed by atoms with Gasteiger partial charge in [-0.15, -0.1) is 0 Å². The monoisotopic (exact) mass is 600 g/mol. The van der Waals surface area contributed by atoms with Crippen LogP contribution >= 0.6 is 23.2 Å². The second-order valence-corrected chi connectivity index (χ2v) is 12.7. The molecule has 0 heterocycles. The summed E-state index contributed by atoms with van der Waals surface area (Å²) >= 11 is 12.3. The lowest BCUT2D eigenvalue weighted by Crippen LogP contribution is -2.54. The molecule has 2 amide bonds. The molecule has 0 aromatic heterocycles. The average molecular weight is 602 g/mol. The maximum Gasteiger partial charge on any atom is 0.304 e. The summed E-state index contributed by atoms with van der Waals surface area (Å²) in [6.07, 6.45) is 5.25. The Morgan fingerprint density at radius 1 is 1.03 bits per heavy atom. The van der Waals surface area contributed by atoms with E-state index in [0.717, 1.165) is 52.8 Å². The SMILES string of the molecule is CC[C@@H](C(=O)NC1CCCCC1)N(Cc1ccc(Cl)c(Cl)c1)C(=O)CN(c1ccc(F)cc1)S(=O)(=O)N(C)C. The Labute approximate surface area is 240 Å². The molecule has 8 nitrogen and oxygen atoms in total. The maximum absolute atomic E-state index is 13.9. The van der Waals surface area contributed by atoms with Gasteiger partial charge in [-0.2, -0.15) is 12.7 Å². The predicted octanol–water partition coefficient (Wildman–Crippen LogP) is 5.00. The minimum absolute atomic E-state index is 0.00554. The third-order valence-corrected chi connectivity index (χ3v) is 9.37. The van der Waals surface area contributed by atoms with E-state index in [1.165, 1.54) is 31.1 Å². The molecule has 1 saturated carbocycles. The molecule has 1 fully saturated rings. The van der Waals surface area contributed by atoms with E-state index in [4.69, 9.17) is 23.2 Å². The lowest BCUT2D eigenvalue weighted by atomic mass is 9.95. The molecule has 2 aromatic rings. The number of hydrogen-bond donors (Lipinski definition) is 1. The molecular formula is C27H35Cl2FN4O4S. The number of nitrogens with zero attached hydrogens (tertiary/aromatic N) is 3. The zero-order valence-corrected chi connectivity index (χ0v) is 24.7. The van der Waals surface area contributed by atoms with E-state index >= 15 is 0 Å². The van der Waals surface area contributed by atoms with Crippen molar-refractivity contribution in [2.75, 3.05) is 24.9 Å². The maximum atomic E-state index is 13.9. The van der Waals surface area contributed by atoms with Crippen LogP contribution in [0.3, 0.4) is 0 Å². The number of benzene rings is 2. The van der Waals surface area contributed by atoms with Crippen LogP contribution in [-0.2, 0) is 26.3 Å². The van der Waals surface area contributed by atoms with Crippen LogP contribution in [0.15, 0.2) is 42.5 Å². The molecule has 1 atom stereocenters. The molecule has 1 N–H and O–H groups in total. The quantitative estimate of drug-likeness (QED) is 0.393. The minimum Gasteiger partial charge on any atom is -0.352 e. The van der Waals surface area contributed by atoms with E-state index in [9.17, 15) is 22.4 Å². The van der Waals surface area contributed by atoms with Crippen LogP contribution in [0.1, 0.15) is 51.0 Å². The predicted molar refractivity (Wildman–Crippen MR) is 152 cm³/mol. The summed E-state index contributed by atoms with van der Waals surface area (Å²) in [7, 11) is -1.45. The summed E-state index contributed by atoms with van der Waals surface area (Å²) in [6.45, 7) is 1.21. The fourth-order valence-corrected chi connectivity index (χ4v) is 6.00. The van der Waals surface area contributed by atoms with Gasteiger partial charge in [0.1, 0.15) is 18.4 Å². The molecule has 0 bridgehead atoms. The van der Waals surface area contributed by atoms with E-state index < -0.39 is 34.5 Å². The number of halogens is 3. The summed E-state index contributed by atoms with van der Waals surface area (Å²) in [5.74, 6) is -1.43. The zero-order chi connectivity index (χ0) is 28.7. The summed E-state index contributed by atoms with van der Waals surface area (Å²) in [6, 6.07) is 8.93. The first-order valence-electron chi connectivity index (χ1n) is 12.9. The van der Waals surface area contributed by atoms with Crippen molar-refractivity contribution in [2.24, 2.45) is 0 Å². The first-order chi connectivity index (χ1) is 18.4. The van der Waals surface area contributed by atoms with Crippen LogP contribution in [0.25, 0.3) is 0 Å². The first kappa shape index (κ1) is 31.1. The van der Waals surface area contributed by atoms with E-state index in [2.05, 4.69) is 5.32 Å². The molecule has 1 aliphatic rings. The number of carbonyl (C=O) groups is 2. The second-order valence-electron chi connectivity index (χ2n) is 9.81.